The molecule has 1 aliphatic rings. The molecule has 0 unspecified atom stereocenters. The lowest BCUT2D eigenvalue weighted by molar-refractivity contribution is 0.0898. The zero-order chi connectivity index (χ0) is 19.5. The van der Waals surface area contributed by atoms with Gasteiger partial charge in [0, 0.05) is 38.3 Å². The fourth-order valence-electron chi connectivity index (χ4n) is 3.68. The largest absolute Gasteiger partial charge is 0.444 e. The molecule has 3 aromatic rings. The molecule has 28 heavy (non-hydrogen) atoms. The van der Waals surface area contributed by atoms with Crippen LogP contribution >= 0.6 is 0 Å². The molecule has 0 atom stereocenters. The number of likely N-dealkylation sites (tertiary alicyclic amines) is 1. The van der Waals surface area contributed by atoms with Gasteiger partial charge in [0.2, 0.25) is 5.89 Å². The van der Waals surface area contributed by atoms with Gasteiger partial charge < -0.3 is 9.73 Å². The Morgan fingerprint density at radius 3 is 2.68 bits per heavy atom. The van der Waals surface area contributed by atoms with Crippen molar-refractivity contribution in [2.45, 2.75) is 32.4 Å². The van der Waals surface area contributed by atoms with Gasteiger partial charge in [0.15, 0.2) is 0 Å². The summed E-state index contributed by atoms with van der Waals surface area (Å²) in [5.74, 6) is 0.615. The van der Waals surface area contributed by atoms with E-state index in [1.54, 1.807) is 24.2 Å². The minimum atomic E-state index is -0.0417. The zero-order valence-electron chi connectivity index (χ0n) is 16.3. The van der Waals surface area contributed by atoms with Crippen LogP contribution in [-0.2, 0) is 13.6 Å². The lowest BCUT2D eigenvalue weighted by atomic mass is 10.0. The predicted molar refractivity (Wildman–Crippen MR) is 106 cm³/mol. The highest BCUT2D eigenvalue weighted by Gasteiger charge is 2.23. The Morgan fingerprint density at radius 2 is 2.00 bits per heavy atom. The molecule has 7 heteroatoms. The first kappa shape index (κ1) is 18.4. The maximum absolute atomic E-state index is 12.5. The molecule has 1 saturated heterocycles. The van der Waals surface area contributed by atoms with E-state index in [9.17, 15) is 4.79 Å². The number of nitrogens with one attached hydrogen (secondary N) is 1. The first-order valence-corrected chi connectivity index (χ1v) is 9.62. The van der Waals surface area contributed by atoms with Gasteiger partial charge in [-0.1, -0.05) is 18.2 Å². The van der Waals surface area contributed by atoms with Crippen molar-refractivity contribution in [3.63, 3.8) is 0 Å². The third-order valence-electron chi connectivity index (χ3n) is 5.22. The Kier molecular flexibility index (Phi) is 5.25. The number of benzene rings is 1. The Bertz CT molecular complexity index is 919. The van der Waals surface area contributed by atoms with E-state index < -0.39 is 0 Å². The lowest BCUT2D eigenvalue weighted by Gasteiger charge is -2.31. The smallest absolute Gasteiger partial charge is 0.270 e. The Balaban J connectivity index is 1.29. The summed E-state index contributed by atoms with van der Waals surface area (Å²) in [4.78, 5) is 19.5. The molecule has 7 nitrogen and oxygen atoms in total. The molecule has 0 bridgehead atoms. The van der Waals surface area contributed by atoms with Crippen LogP contribution in [0.15, 0.2) is 47.2 Å². The van der Waals surface area contributed by atoms with E-state index in [0.717, 1.165) is 49.3 Å². The van der Waals surface area contributed by atoms with Crippen molar-refractivity contribution >= 4 is 5.91 Å². The zero-order valence-corrected chi connectivity index (χ0v) is 16.3. The standard InChI is InChI=1S/C21H25N5O2/c1-15-12-22-25(2)19(15)20(27)23-17-8-10-26(11-9-17)13-18-14-28-21(24-18)16-6-4-3-5-7-16/h3-7,12,14,17H,8-11,13H2,1-2H3,(H,23,27). The van der Waals surface area contributed by atoms with Crippen molar-refractivity contribution in [3.8, 4) is 11.5 Å². The number of carbonyl (C=O) groups excluding carboxylic acids is 1. The van der Waals surface area contributed by atoms with Crippen molar-refractivity contribution in [2.75, 3.05) is 13.1 Å². The summed E-state index contributed by atoms with van der Waals surface area (Å²) in [5.41, 5.74) is 3.46. The van der Waals surface area contributed by atoms with Crippen LogP contribution in [-0.4, -0.2) is 44.7 Å². The number of hydrogen-bond donors (Lipinski definition) is 1. The Labute approximate surface area is 164 Å². The third-order valence-corrected chi connectivity index (χ3v) is 5.22. The van der Waals surface area contributed by atoms with Crippen molar-refractivity contribution in [2.24, 2.45) is 7.05 Å². The van der Waals surface area contributed by atoms with Crippen molar-refractivity contribution in [1.82, 2.24) is 25.0 Å². The molecule has 1 fully saturated rings. The van der Waals surface area contributed by atoms with Gasteiger partial charge in [-0.3, -0.25) is 14.4 Å². The molecule has 0 radical (unpaired) electrons. The number of amides is 1. The number of piperidine rings is 1. The van der Waals surface area contributed by atoms with E-state index >= 15 is 0 Å². The fraction of sp³-hybridized carbons (Fsp3) is 0.381. The number of aryl methyl sites for hydroxylation is 2. The number of oxazole rings is 1. The molecule has 1 aromatic carbocycles. The second-order valence-electron chi connectivity index (χ2n) is 7.33. The minimum absolute atomic E-state index is 0.0417. The van der Waals surface area contributed by atoms with E-state index in [1.165, 1.54) is 0 Å². The maximum Gasteiger partial charge on any atom is 0.270 e. The Morgan fingerprint density at radius 1 is 1.25 bits per heavy atom. The SMILES string of the molecule is Cc1cnn(C)c1C(=O)NC1CCN(Cc2coc(-c3ccccc3)n2)CC1. The molecule has 3 heterocycles. The van der Waals surface area contributed by atoms with Crippen LogP contribution in [0.4, 0.5) is 0 Å². The van der Waals surface area contributed by atoms with Crippen LogP contribution in [0.3, 0.4) is 0 Å². The summed E-state index contributed by atoms with van der Waals surface area (Å²) in [7, 11) is 1.80. The van der Waals surface area contributed by atoms with Crippen LogP contribution in [0.1, 0.15) is 34.6 Å². The fourth-order valence-corrected chi connectivity index (χ4v) is 3.68. The second kappa shape index (κ2) is 7.98. The number of nitrogens with zero attached hydrogens (tertiary/aromatic N) is 4. The average molecular weight is 379 g/mol. The van der Waals surface area contributed by atoms with Gasteiger partial charge in [0.1, 0.15) is 12.0 Å². The number of carbonyl (C=O) groups is 1. The summed E-state index contributed by atoms with van der Waals surface area (Å²) < 4.78 is 7.26. The summed E-state index contributed by atoms with van der Waals surface area (Å²) >= 11 is 0. The quantitative estimate of drug-likeness (QED) is 0.738. The molecule has 0 aliphatic carbocycles. The van der Waals surface area contributed by atoms with Crippen molar-refractivity contribution in [3.05, 3.63) is 59.7 Å². The third kappa shape index (κ3) is 3.99. The lowest BCUT2D eigenvalue weighted by Crippen LogP contribution is -2.44. The van der Waals surface area contributed by atoms with Gasteiger partial charge in [0.05, 0.1) is 11.9 Å². The second-order valence-corrected chi connectivity index (χ2v) is 7.33. The molecule has 0 spiro atoms. The number of aromatic nitrogens is 3. The molecule has 146 valence electrons. The van der Waals surface area contributed by atoms with Crippen molar-refractivity contribution < 1.29 is 9.21 Å². The molecule has 2 aromatic heterocycles. The average Bonchev–Trinajstić information content (AvgIpc) is 3.30. The van der Waals surface area contributed by atoms with Gasteiger partial charge in [-0.05, 0) is 37.5 Å². The van der Waals surface area contributed by atoms with E-state index in [4.69, 9.17) is 4.42 Å². The van der Waals surface area contributed by atoms with E-state index in [1.807, 2.05) is 37.3 Å². The molecule has 1 amide bonds. The van der Waals surface area contributed by atoms with E-state index in [-0.39, 0.29) is 11.9 Å². The molecule has 1 N–H and O–H groups in total. The minimum Gasteiger partial charge on any atom is -0.444 e. The normalized spacial score (nSPS) is 15.6. The molecular formula is C21H25N5O2. The van der Waals surface area contributed by atoms with Crippen LogP contribution in [0.5, 0.6) is 0 Å². The van der Waals surface area contributed by atoms with Crippen LogP contribution in [0.25, 0.3) is 11.5 Å². The monoisotopic (exact) mass is 379 g/mol. The number of hydrogen-bond acceptors (Lipinski definition) is 5. The van der Waals surface area contributed by atoms with Gasteiger partial charge in [-0.15, -0.1) is 0 Å². The molecule has 1 aliphatic heterocycles. The topological polar surface area (TPSA) is 76.2 Å². The summed E-state index contributed by atoms with van der Waals surface area (Å²) in [5, 5.41) is 7.30. The summed E-state index contributed by atoms with van der Waals surface area (Å²) in [6, 6.07) is 10.1. The first-order valence-electron chi connectivity index (χ1n) is 9.62. The first-order chi connectivity index (χ1) is 13.6. The van der Waals surface area contributed by atoms with Gasteiger partial charge in [0.25, 0.3) is 5.91 Å². The summed E-state index contributed by atoms with van der Waals surface area (Å²) in [6.45, 7) is 4.51. The van der Waals surface area contributed by atoms with Gasteiger partial charge in [-0.25, -0.2) is 4.98 Å². The van der Waals surface area contributed by atoms with Gasteiger partial charge in [-0.2, -0.15) is 5.10 Å². The molecule has 0 saturated carbocycles. The summed E-state index contributed by atoms with van der Waals surface area (Å²) in [6.07, 6.45) is 5.30. The van der Waals surface area contributed by atoms with Crippen LogP contribution < -0.4 is 5.32 Å². The highest BCUT2D eigenvalue weighted by molar-refractivity contribution is 5.94. The Hall–Kier alpha value is -2.93. The van der Waals surface area contributed by atoms with Crippen molar-refractivity contribution in [1.29, 1.82) is 0 Å². The van der Waals surface area contributed by atoms with Gasteiger partial charge >= 0.3 is 0 Å². The highest BCUT2D eigenvalue weighted by atomic mass is 16.3. The predicted octanol–water partition coefficient (Wildman–Crippen LogP) is 2.78. The van der Waals surface area contributed by atoms with Crippen LogP contribution in [0.2, 0.25) is 0 Å². The molecular weight excluding hydrogens is 354 g/mol. The number of rotatable bonds is 5. The molecule has 4 rings (SSSR count). The van der Waals surface area contributed by atoms with E-state index in [2.05, 4.69) is 20.3 Å². The van der Waals surface area contributed by atoms with Crippen LogP contribution in [0, 0.1) is 6.92 Å². The van der Waals surface area contributed by atoms with E-state index in [0.29, 0.717) is 11.6 Å². The maximum atomic E-state index is 12.5. The highest BCUT2D eigenvalue weighted by Crippen LogP contribution is 2.20.